The molecule has 0 radical (unpaired) electrons. The van der Waals surface area contributed by atoms with Gasteiger partial charge in [0, 0.05) is 19.8 Å². The van der Waals surface area contributed by atoms with Gasteiger partial charge in [-0.1, -0.05) is 0 Å². The number of halogens is 3. The maximum absolute atomic E-state index is 12.8. The number of hydrogen-bond donors (Lipinski definition) is 0. The zero-order chi connectivity index (χ0) is 16.8. The fraction of sp³-hybridized carbons (Fsp3) is 0.500. The lowest BCUT2D eigenvalue weighted by Gasteiger charge is -2.33. The Bertz CT molecular complexity index is 756. The van der Waals surface area contributed by atoms with Crippen molar-refractivity contribution in [3.05, 3.63) is 23.7 Å². The monoisotopic (exact) mass is 328 g/mol. The quantitative estimate of drug-likeness (QED) is 0.799. The van der Waals surface area contributed by atoms with Crippen molar-refractivity contribution in [3.63, 3.8) is 0 Å². The summed E-state index contributed by atoms with van der Waals surface area (Å²) in [4.78, 5) is 22.3. The highest BCUT2D eigenvalue weighted by molar-refractivity contribution is 6.04. The molecule has 0 bridgehead atoms. The van der Waals surface area contributed by atoms with Crippen molar-refractivity contribution in [2.45, 2.75) is 19.2 Å². The van der Waals surface area contributed by atoms with E-state index in [-0.39, 0.29) is 18.7 Å². The van der Waals surface area contributed by atoms with Gasteiger partial charge in [-0.15, -0.1) is 0 Å². The highest BCUT2D eigenvalue weighted by atomic mass is 19.4. The second kappa shape index (κ2) is 5.48. The summed E-state index contributed by atoms with van der Waals surface area (Å²) in [5, 5.41) is 0. The molecule has 23 heavy (non-hydrogen) atoms. The molecule has 2 aromatic heterocycles. The maximum atomic E-state index is 12.8. The van der Waals surface area contributed by atoms with Crippen LogP contribution >= 0.6 is 0 Å². The molecule has 0 saturated carbocycles. The van der Waals surface area contributed by atoms with E-state index in [0.717, 1.165) is 4.90 Å². The summed E-state index contributed by atoms with van der Waals surface area (Å²) < 4.78 is 44.8. The Balaban J connectivity index is 1.93. The molecule has 1 aliphatic rings. The van der Waals surface area contributed by atoms with Gasteiger partial charge in [0.1, 0.15) is 11.3 Å². The first-order valence-electron chi connectivity index (χ1n) is 7.04. The van der Waals surface area contributed by atoms with Crippen LogP contribution in [0.2, 0.25) is 0 Å². The number of nitrogens with zero attached hydrogens (tertiary/aromatic N) is 4. The third kappa shape index (κ3) is 2.76. The Morgan fingerprint density at radius 3 is 2.87 bits per heavy atom. The van der Waals surface area contributed by atoms with Crippen LogP contribution in [0.3, 0.4) is 0 Å². The number of ether oxygens (including phenoxy) is 1. The molecular weight excluding hydrogens is 313 g/mol. The fourth-order valence-corrected chi connectivity index (χ4v) is 2.56. The number of aromatic nitrogens is 3. The maximum Gasteiger partial charge on any atom is 0.416 e. The number of aryl methyl sites for hydroxylation is 2. The largest absolute Gasteiger partial charge is 0.416 e. The van der Waals surface area contributed by atoms with E-state index in [1.54, 1.807) is 18.5 Å². The Morgan fingerprint density at radius 1 is 1.43 bits per heavy atom. The summed E-state index contributed by atoms with van der Waals surface area (Å²) in [6.07, 6.45) is -4.99. The van der Waals surface area contributed by atoms with E-state index in [9.17, 15) is 18.0 Å². The Hall–Kier alpha value is -2.16. The fourth-order valence-electron chi connectivity index (χ4n) is 2.56. The predicted octanol–water partition coefficient (Wildman–Crippen LogP) is 1.68. The van der Waals surface area contributed by atoms with Gasteiger partial charge in [0.05, 0.1) is 18.7 Å². The van der Waals surface area contributed by atoms with Gasteiger partial charge in [-0.05, 0) is 13.0 Å². The first-order valence-corrected chi connectivity index (χ1v) is 7.04. The molecule has 3 rings (SSSR count). The van der Waals surface area contributed by atoms with Gasteiger partial charge < -0.3 is 14.2 Å². The molecule has 1 saturated heterocycles. The van der Waals surface area contributed by atoms with Gasteiger partial charge in [0.25, 0.3) is 5.91 Å². The smallest absolute Gasteiger partial charge is 0.365 e. The number of imidazole rings is 1. The first kappa shape index (κ1) is 15.7. The molecule has 6 nitrogen and oxygen atoms in total. The van der Waals surface area contributed by atoms with Gasteiger partial charge in [-0.25, -0.2) is 9.97 Å². The van der Waals surface area contributed by atoms with Crippen molar-refractivity contribution in [1.82, 2.24) is 19.4 Å². The van der Waals surface area contributed by atoms with Crippen LogP contribution in [-0.4, -0.2) is 57.3 Å². The molecule has 0 aliphatic carbocycles. The molecule has 1 unspecified atom stereocenters. The highest BCUT2D eigenvalue weighted by Gasteiger charge is 2.44. The second-order valence-corrected chi connectivity index (χ2v) is 5.40. The zero-order valence-electron chi connectivity index (χ0n) is 12.6. The Morgan fingerprint density at radius 2 is 2.17 bits per heavy atom. The van der Waals surface area contributed by atoms with Gasteiger partial charge in [-0.3, -0.25) is 4.79 Å². The van der Waals surface area contributed by atoms with Crippen LogP contribution in [0.25, 0.3) is 11.2 Å². The van der Waals surface area contributed by atoms with Gasteiger partial charge in [0.2, 0.25) is 0 Å². The first-order chi connectivity index (χ1) is 10.8. The van der Waals surface area contributed by atoms with E-state index >= 15 is 0 Å². The van der Waals surface area contributed by atoms with E-state index in [0.29, 0.717) is 17.0 Å². The molecule has 1 atom stereocenters. The number of carbonyl (C=O) groups is 1. The summed E-state index contributed by atoms with van der Waals surface area (Å²) in [6.45, 7) is 1.22. The van der Waals surface area contributed by atoms with Gasteiger partial charge >= 0.3 is 6.18 Å². The molecule has 1 fully saturated rings. The number of carbonyl (C=O) groups excluding carboxylic acids is 1. The highest BCUT2D eigenvalue weighted by Crippen LogP contribution is 2.27. The number of hydrogen-bond acceptors (Lipinski definition) is 4. The summed E-state index contributed by atoms with van der Waals surface area (Å²) in [5.74, 6) is 0.177. The van der Waals surface area contributed by atoms with Crippen molar-refractivity contribution in [3.8, 4) is 0 Å². The number of fused-ring (bicyclic) bond motifs is 1. The molecule has 2 aromatic rings. The molecule has 0 aromatic carbocycles. The Labute approximate surface area is 129 Å². The summed E-state index contributed by atoms with van der Waals surface area (Å²) in [7, 11) is 1.76. The third-order valence-corrected chi connectivity index (χ3v) is 3.93. The van der Waals surface area contributed by atoms with Gasteiger partial charge in [0.15, 0.2) is 11.8 Å². The van der Waals surface area contributed by atoms with E-state index in [2.05, 4.69) is 9.97 Å². The topological polar surface area (TPSA) is 60.3 Å². The summed E-state index contributed by atoms with van der Waals surface area (Å²) in [5.41, 5.74) is 1.17. The van der Waals surface area contributed by atoms with Crippen LogP contribution in [0.1, 0.15) is 16.2 Å². The standard InChI is InChI=1S/C14H15F3N4O2/c1-8-19-11-9(3-4-18-12(11)20(8)2)13(22)21-5-6-23-10(7-21)14(15,16)17/h3-4,10H,5-7H2,1-2H3. The van der Waals surface area contributed by atoms with Crippen molar-refractivity contribution >= 4 is 17.1 Å². The van der Waals surface area contributed by atoms with Crippen molar-refractivity contribution < 1.29 is 22.7 Å². The SMILES string of the molecule is Cc1nc2c(C(=O)N3CCOC(C(F)(F)F)C3)ccnc2n1C. The molecular formula is C14H15F3N4O2. The van der Waals surface area contributed by atoms with Gasteiger partial charge in [-0.2, -0.15) is 13.2 Å². The van der Waals surface area contributed by atoms with Crippen LogP contribution in [0.15, 0.2) is 12.3 Å². The summed E-state index contributed by atoms with van der Waals surface area (Å²) in [6, 6.07) is 1.48. The number of alkyl halides is 3. The van der Waals surface area contributed by atoms with Crippen molar-refractivity contribution in [2.24, 2.45) is 7.05 Å². The lowest BCUT2D eigenvalue weighted by atomic mass is 10.1. The molecule has 1 amide bonds. The lowest BCUT2D eigenvalue weighted by Crippen LogP contribution is -2.51. The zero-order valence-corrected chi connectivity index (χ0v) is 12.6. The number of amides is 1. The minimum Gasteiger partial charge on any atom is -0.365 e. The summed E-state index contributed by atoms with van der Waals surface area (Å²) >= 11 is 0. The normalized spacial score (nSPS) is 19.3. The molecule has 124 valence electrons. The minimum absolute atomic E-state index is 0.112. The average Bonchev–Trinajstić information content (AvgIpc) is 2.81. The van der Waals surface area contributed by atoms with Crippen LogP contribution < -0.4 is 0 Å². The van der Waals surface area contributed by atoms with E-state index in [1.165, 1.54) is 12.3 Å². The second-order valence-electron chi connectivity index (χ2n) is 5.40. The van der Waals surface area contributed by atoms with E-state index in [1.807, 2.05) is 0 Å². The number of morpholine rings is 1. The van der Waals surface area contributed by atoms with Crippen LogP contribution in [0.4, 0.5) is 13.2 Å². The molecule has 0 N–H and O–H groups in total. The van der Waals surface area contributed by atoms with Crippen molar-refractivity contribution in [2.75, 3.05) is 19.7 Å². The van der Waals surface area contributed by atoms with Crippen LogP contribution in [0, 0.1) is 6.92 Å². The van der Waals surface area contributed by atoms with Crippen LogP contribution in [0.5, 0.6) is 0 Å². The molecule has 3 heterocycles. The van der Waals surface area contributed by atoms with E-state index in [4.69, 9.17) is 4.74 Å². The average molecular weight is 328 g/mol. The van der Waals surface area contributed by atoms with Crippen LogP contribution in [-0.2, 0) is 11.8 Å². The van der Waals surface area contributed by atoms with E-state index < -0.39 is 24.7 Å². The third-order valence-electron chi connectivity index (χ3n) is 3.93. The van der Waals surface area contributed by atoms with Crippen molar-refractivity contribution in [1.29, 1.82) is 0 Å². The molecule has 9 heteroatoms. The minimum atomic E-state index is -4.49. The number of pyridine rings is 1. The Kier molecular flexibility index (Phi) is 3.75. The predicted molar refractivity (Wildman–Crippen MR) is 74.9 cm³/mol. The lowest BCUT2D eigenvalue weighted by molar-refractivity contribution is -0.233. The number of rotatable bonds is 1. The molecule has 1 aliphatic heterocycles. The molecule has 0 spiro atoms.